The first-order valence-corrected chi connectivity index (χ1v) is 8.59. The van der Waals surface area contributed by atoms with Gasteiger partial charge in [0.05, 0.1) is 6.21 Å². The summed E-state index contributed by atoms with van der Waals surface area (Å²) >= 11 is 1.58. The van der Waals surface area contributed by atoms with Gasteiger partial charge >= 0.3 is 0 Å². The van der Waals surface area contributed by atoms with E-state index in [0.29, 0.717) is 12.4 Å². The maximum Gasteiger partial charge on any atom is 0.211 e. The van der Waals surface area contributed by atoms with Crippen LogP contribution in [0, 0.1) is 6.92 Å². The summed E-state index contributed by atoms with van der Waals surface area (Å²) in [6.45, 7) is 4.45. The lowest BCUT2D eigenvalue weighted by Gasteiger charge is -2.06. The SMILES string of the molecule is CCSc1nncn1N=Cc1ccc(COc2ccccc2C)o1. The van der Waals surface area contributed by atoms with Crippen molar-refractivity contribution in [2.24, 2.45) is 5.10 Å². The molecule has 0 saturated carbocycles. The van der Waals surface area contributed by atoms with E-state index in [9.17, 15) is 0 Å². The highest BCUT2D eigenvalue weighted by atomic mass is 32.2. The molecule has 0 fully saturated rings. The van der Waals surface area contributed by atoms with Gasteiger partial charge in [-0.25, -0.2) is 0 Å². The largest absolute Gasteiger partial charge is 0.485 e. The van der Waals surface area contributed by atoms with E-state index in [0.717, 1.165) is 28.0 Å². The van der Waals surface area contributed by atoms with Crippen LogP contribution in [0.1, 0.15) is 24.0 Å². The Balaban J connectivity index is 1.62. The van der Waals surface area contributed by atoms with Crippen molar-refractivity contribution < 1.29 is 9.15 Å². The number of furan rings is 1. The molecule has 124 valence electrons. The van der Waals surface area contributed by atoms with Crippen LogP contribution in [0.2, 0.25) is 0 Å². The van der Waals surface area contributed by atoms with Crippen LogP contribution in [0.3, 0.4) is 0 Å². The third kappa shape index (κ3) is 4.05. The van der Waals surface area contributed by atoms with Gasteiger partial charge in [-0.3, -0.25) is 0 Å². The van der Waals surface area contributed by atoms with Gasteiger partial charge in [-0.2, -0.15) is 9.78 Å². The summed E-state index contributed by atoms with van der Waals surface area (Å²) in [5.74, 6) is 3.16. The Hall–Kier alpha value is -2.54. The van der Waals surface area contributed by atoms with Gasteiger partial charge in [0.15, 0.2) is 0 Å². The monoisotopic (exact) mass is 342 g/mol. The van der Waals surface area contributed by atoms with Crippen LogP contribution in [0.15, 0.2) is 57.4 Å². The number of ether oxygens (including phenoxy) is 1. The van der Waals surface area contributed by atoms with E-state index in [1.165, 1.54) is 0 Å². The van der Waals surface area contributed by atoms with E-state index in [1.807, 2.05) is 43.3 Å². The van der Waals surface area contributed by atoms with Crippen LogP contribution in [0.4, 0.5) is 0 Å². The third-order valence-electron chi connectivity index (χ3n) is 3.23. The van der Waals surface area contributed by atoms with Crippen molar-refractivity contribution in [3.63, 3.8) is 0 Å². The van der Waals surface area contributed by atoms with Gasteiger partial charge < -0.3 is 9.15 Å². The number of hydrogen-bond donors (Lipinski definition) is 0. The molecule has 24 heavy (non-hydrogen) atoms. The zero-order valence-electron chi connectivity index (χ0n) is 13.5. The molecule has 0 aliphatic heterocycles. The minimum atomic E-state index is 0.377. The second-order valence-corrected chi connectivity index (χ2v) is 6.23. The number of thioether (sulfide) groups is 1. The number of hydrogen-bond acceptors (Lipinski definition) is 6. The van der Waals surface area contributed by atoms with E-state index in [4.69, 9.17) is 9.15 Å². The minimum Gasteiger partial charge on any atom is -0.485 e. The maximum atomic E-state index is 5.77. The molecule has 3 rings (SSSR count). The Morgan fingerprint density at radius 3 is 3.00 bits per heavy atom. The second-order valence-electron chi connectivity index (χ2n) is 4.99. The van der Waals surface area contributed by atoms with Crippen molar-refractivity contribution >= 4 is 18.0 Å². The molecule has 2 heterocycles. The first-order valence-electron chi connectivity index (χ1n) is 7.60. The molecule has 3 aromatic rings. The number of rotatable bonds is 7. The van der Waals surface area contributed by atoms with Crippen LogP contribution in [0.5, 0.6) is 5.75 Å². The number of para-hydroxylation sites is 1. The molecular formula is C17H18N4O2S. The number of benzene rings is 1. The number of aryl methyl sites for hydroxylation is 1. The average Bonchev–Trinajstić information content (AvgIpc) is 3.22. The van der Waals surface area contributed by atoms with Crippen molar-refractivity contribution in [1.29, 1.82) is 0 Å². The van der Waals surface area contributed by atoms with Crippen LogP contribution < -0.4 is 4.74 Å². The molecule has 0 N–H and O–H groups in total. The zero-order valence-corrected chi connectivity index (χ0v) is 14.4. The Morgan fingerprint density at radius 2 is 2.17 bits per heavy atom. The molecule has 6 nitrogen and oxygen atoms in total. The summed E-state index contributed by atoms with van der Waals surface area (Å²) in [6, 6.07) is 11.6. The van der Waals surface area contributed by atoms with Gasteiger partial charge in [-0.1, -0.05) is 36.9 Å². The molecule has 0 spiro atoms. The predicted octanol–water partition coefficient (Wildman–Crippen LogP) is 3.75. The molecule has 0 saturated heterocycles. The molecule has 0 bridgehead atoms. The highest BCUT2D eigenvalue weighted by molar-refractivity contribution is 7.99. The lowest BCUT2D eigenvalue weighted by Crippen LogP contribution is -1.95. The normalized spacial score (nSPS) is 11.2. The van der Waals surface area contributed by atoms with Crippen molar-refractivity contribution in [3.05, 3.63) is 59.8 Å². The summed E-state index contributed by atoms with van der Waals surface area (Å²) in [6.07, 6.45) is 3.21. The topological polar surface area (TPSA) is 65.4 Å². The highest BCUT2D eigenvalue weighted by Gasteiger charge is 2.05. The van der Waals surface area contributed by atoms with Crippen molar-refractivity contribution in [1.82, 2.24) is 14.9 Å². The van der Waals surface area contributed by atoms with Crippen LogP contribution in [0.25, 0.3) is 0 Å². The Morgan fingerprint density at radius 1 is 1.29 bits per heavy atom. The van der Waals surface area contributed by atoms with Gasteiger partial charge in [0.1, 0.15) is 30.2 Å². The van der Waals surface area contributed by atoms with Gasteiger partial charge in [-0.05, 0) is 36.4 Å². The fraction of sp³-hybridized carbons (Fsp3) is 0.235. The van der Waals surface area contributed by atoms with Gasteiger partial charge in [0.25, 0.3) is 0 Å². The first kappa shape index (κ1) is 16.3. The van der Waals surface area contributed by atoms with Crippen LogP contribution >= 0.6 is 11.8 Å². The molecule has 0 aliphatic carbocycles. The molecule has 0 amide bonds. The lowest BCUT2D eigenvalue weighted by atomic mass is 10.2. The summed E-state index contributed by atoms with van der Waals surface area (Å²) in [5.41, 5.74) is 1.10. The number of aromatic nitrogens is 3. The summed E-state index contributed by atoms with van der Waals surface area (Å²) in [4.78, 5) is 0. The molecule has 0 radical (unpaired) electrons. The third-order valence-corrected chi connectivity index (χ3v) is 4.04. The maximum absolute atomic E-state index is 5.77. The highest BCUT2D eigenvalue weighted by Crippen LogP contribution is 2.18. The Bertz CT molecular complexity index is 825. The molecule has 0 aliphatic rings. The summed E-state index contributed by atoms with van der Waals surface area (Å²) in [7, 11) is 0. The molecule has 2 aromatic heterocycles. The van der Waals surface area contributed by atoms with Crippen LogP contribution in [-0.4, -0.2) is 26.8 Å². The van der Waals surface area contributed by atoms with Crippen LogP contribution in [-0.2, 0) is 6.61 Å². The zero-order chi connectivity index (χ0) is 16.8. The van der Waals surface area contributed by atoms with Crippen molar-refractivity contribution in [3.8, 4) is 5.75 Å². The van der Waals surface area contributed by atoms with E-state index in [-0.39, 0.29) is 0 Å². The number of nitrogens with zero attached hydrogens (tertiary/aromatic N) is 4. The summed E-state index contributed by atoms with van der Waals surface area (Å²) in [5, 5.41) is 12.9. The fourth-order valence-electron chi connectivity index (χ4n) is 2.05. The van der Waals surface area contributed by atoms with Crippen molar-refractivity contribution in [2.45, 2.75) is 25.6 Å². The molecule has 7 heteroatoms. The fourth-order valence-corrected chi connectivity index (χ4v) is 2.64. The summed E-state index contributed by atoms with van der Waals surface area (Å²) < 4.78 is 13.1. The van der Waals surface area contributed by atoms with E-state index >= 15 is 0 Å². The smallest absolute Gasteiger partial charge is 0.211 e. The first-order chi connectivity index (χ1) is 11.8. The molecule has 0 unspecified atom stereocenters. The standard InChI is InChI=1S/C17H18N4O2S/c1-3-24-17-20-18-12-21(17)19-10-14-8-9-15(23-14)11-22-16-7-5-4-6-13(16)2/h4-10,12H,3,11H2,1-2H3. The second kappa shape index (κ2) is 7.83. The quantitative estimate of drug-likeness (QED) is 0.483. The van der Waals surface area contributed by atoms with E-state index in [2.05, 4.69) is 22.2 Å². The average molecular weight is 342 g/mol. The van der Waals surface area contributed by atoms with Gasteiger partial charge in [0.2, 0.25) is 5.16 Å². The Labute approximate surface area is 144 Å². The van der Waals surface area contributed by atoms with Gasteiger partial charge in [0, 0.05) is 0 Å². The van der Waals surface area contributed by atoms with E-state index < -0.39 is 0 Å². The Kier molecular flexibility index (Phi) is 5.32. The molecule has 1 aromatic carbocycles. The van der Waals surface area contributed by atoms with E-state index in [1.54, 1.807) is 29.0 Å². The molecular weight excluding hydrogens is 324 g/mol. The van der Waals surface area contributed by atoms with Crippen molar-refractivity contribution in [2.75, 3.05) is 5.75 Å². The lowest BCUT2D eigenvalue weighted by molar-refractivity contribution is 0.268. The van der Waals surface area contributed by atoms with Gasteiger partial charge in [-0.15, -0.1) is 10.2 Å². The predicted molar refractivity (Wildman–Crippen MR) is 93.6 cm³/mol. The minimum absolute atomic E-state index is 0.377. The molecule has 0 atom stereocenters.